The van der Waals surface area contributed by atoms with Crippen LogP contribution in [0.25, 0.3) is 0 Å². The summed E-state index contributed by atoms with van der Waals surface area (Å²) in [6.45, 7) is 4.20. The highest BCUT2D eigenvalue weighted by Gasteiger charge is 2.29. The molecule has 0 aliphatic heterocycles. The molecule has 0 bridgehead atoms. The molecule has 2 heterocycles. The molecule has 4 aromatic rings. The number of carbonyl (C=O) groups excluding carboxylic acids is 1. The first-order valence-corrected chi connectivity index (χ1v) is 12.8. The van der Waals surface area contributed by atoms with E-state index in [0.717, 1.165) is 35.8 Å². The normalized spacial score (nSPS) is 12.5. The van der Waals surface area contributed by atoms with Crippen molar-refractivity contribution in [2.75, 3.05) is 0 Å². The van der Waals surface area contributed by atoms with E-state index < -0.39 is 11.7 Å². The Labute approximate surface area is 225 Å². The third kappa shape index (κ3) is 8.52. The minimum atomic E-state index is -4.36. The van der Waals surface area contributed by atoms with E-state index in [0.29, 0.717) is 43.7 Å². The van der Waals surface area contributed by atoms with Crippen molar-refractivity contribution in [1.82, 2.24) is 35.5 Å². The molecular formula is C28H32F3N7O. The van der Waals surface area contributed by atoms with E-state index in [9.17, 15) is 18.0 Å². The van der Waals surface area contributed by atoms with Crippen LogP contribution in [0.5, 0.6) is 0 Å². The first-order valence-electron chi connectivity index (χ1n) is 12.8. The highest BCUT2D eigenvalue weighted by molar-refractivity contribution is 5.94. The summed E-state index contributed by atoms with van der Waals surface area (Å²) in [5.74, 6) is 1.48. The third-order valence-electron chi connectivity index (χ3n) is 6.20. The molecule has 4 rings (SSSR count). The molecule has 11 heteroatoms. The van der Waals surface area contributed by atoms with Crippen molar-refractivity contribution in [3.05, 3.63) is 107 Å². The number of H-pyrrole nitrogens is 2. The van der Waals surface area contributed by atoms with Gasteiger partial charge < -0.3 is 15.3 Å². The number of aromatic nitrogens is 4. The lowest BCUT2D eigenvalue weighted by Crippen LogP contribution is -2.45. The fourth-order valence-corrected chi connectivity index (χ4v) is 4.19. The van der Waals surface area contributed by atoms with E-state index in [4.69, 9.17) is 0 Å². The van der Waals surface area contributed by atoms with E-state index in [1.54, 1.807) is 36.9 Å². The monoisotopic (exact) mass is 539 g/mol. The van der Waals surface area contributed by atoms with Gasteiger partial charge in [-0.3, -0.25) is 15.0 Å². The van der Waals surface area contributed by atoms with Crippen LogP contribution in [-0.4, -0.2) is 36.9 Å². The Bertz CT molecular complexity index is 1240. The number of nitrogens with zero attached hydrogens (tertiary/aromatic N) is 3. The van der Waals surface area contributed by atoms with E-state index >= 15 is 0 Å². The lowest BCUT2D eigenvalue weighted by molar-refractivity contribution is -0.137. The van der Waals surface area contributed by atoms with Gasteiger partial charge in [-0.05, 0) is 41.8 Å². The Morgan fingerprint density at radius 1 is 0.897 bits per heavy atom. The summed E-state index contributed by atoms with van der Waals surface area (Å²) in [4.78, 5) is 30.0. The minimum Gasteiger partial charge on any atom is -0.348 e. The summed E-state index contributed by atoms with van der Waals surface area (Å²) in [6.07, 6.45) is 3.84. The highest BCUT2D eigenvalue weighted by Crippen LogP contribution is 2.29. The van der Waals surface area contributed by atoms with Crippen molar-refractivity contribution >= 4 is 5.91 Å². The third-order valence-corrected chi connectivity index (χ3v) is 6.20. The molecule has 0 saturated heterocycles. The number of amides is 1. The van der Waals surface area contributed by atoms with Gasteiger partial charge in [-0.1, -0.05) is 37.6 Å². The van der Waals surface area contributed by atoms with E-state index in [1.807, 2.05) is 19.1 Å². The smallest absolute Gasteiger partial charge is 0.348 e. The van der Waals surface area contributed by atoms with E-state index in [-0.39, 0.29) is 12.1 Å². The van der Waals surface area contributed by atoms with E-state index in [1.165, 1.54) is 12.1 Å². The Morgan fingerprint density at radius 3 is 2.00 bits per heavy atom. The number of imidazole rings is 2. The Morgan fingerprint density at radius 2 is 1.49 bits per heavy atom. The zero-order valence-corrected chi connectivity index (χ0v) is 21.6. The summed E-state index contributed by atoms with van der Waals surface area (Å²) in [5.41, 5.74) is 1.59. The number of hydrogen-bond donors (Lipinski definition) is 4. The van der Waals surface area contributed by atoms with Gasteiger partial charge in [0, 0.05) is 43.4 Å². The molecule has 1 amide bonds. The molecule has 0 fully saturated rings. The number of hydrogen-bond acceptors (Lipinski definition) is 5. The number of carbonyl (C=O) groups is 1. The van der Waals surface area contributed by atoms with Crippen molar-refractivity contribution in [1.29, 1.82) is 0 Å². The predicted molar refractivity (Wildman–Crippen MR) is 141 cm³/mol. The quantitative estimate of drug-likeness (QED) is 0.179. The van der Waals surface area contributed by atoms with Gasteiger partial charge in [0.2, 0.25) is 0 Å². The summed E-state index contributed by atoms with van der Waals surface area (Å²) in [6, 6.07) is 12.5. The molecule has 0 saturated carbocycles. The standard InChI is InChI=1S/C28H32F3N7O/c1-2-3-24(36-16-20-6-10-23(11-7-20)28(29,30)31)37-27(39)22-8-4-21(5-9-22)17-38(18-25-32-12-13-33-25)19-26-34-14-15-35-26/h4-15,24,36H,2-3,16-19H2,1H3,(H,32,33)(H,34,35)(H,37,39). The van der Waals surface area contributed by atoms with E-state index in [2.05, 4.69) is 35.5 Å². The van der Waals surface area contributed by atoms with Crippen LogP contribution in [0.4, 0.5) is 13.2 Å². The molecule has 4 N–H and O–H groups in total. The molecule has 1 atom stereocenters. The number of rotatable bonds is 13. The molecule has 0 aliphatic rings. The van der Waals surface area contributed by atoms with Crippen LogP contribution < -0.4 is 10.6 Å². The fourth-order valence-electron chi connectivity index (χ4n) is 4.19. The van der Waals surface area contributed by atoms with Gasteiger partial charge in [0.15, 0.2) is 0 Å². The van der Waals surface area contributed by atoms with Gasteiger partial charge in [-0.2, -0.15) is 13.2 Å². The Balaban J connectivity index is 1.33. The predicted octanol–water partition coefficient (Wildman–Crippen LogP) is 5.00. The fraction of sp³-hybridized carbons (Fsp3) is 0.321. The van der Waals surface area contributed by atoms with Gasteiger partial charge >= 0.3 is 6.18 Å². The first-order chi connectivity index (χ1) is 18.8. The van der Waals surface area contributed by atoms with Crippen LogP contribution >= 0.6 is 0 Å². The molecule has 0 spiro atoms. The zero-order valence-electron chi connectivity index (χ0n) is 21.6. The summed E-state index contributed by atoms with van der Waals surface area (Å²) in [5, 5.41) is 6.23. The molecule has 8 nitrogen and oxygen atoms in total. The minimum absolute atomic E-state index is 0.219. The highest BCUT2D eigenvalue weighted by atomic mass is 19.4. The van der Waals surface area contributed by atoms with Crippen LogP contribution in [0.1, 0.15) is 58.5 Å². The molecule has 0 radical (unpaired) electrons. The zero-order chi connectivity index (χ0) is 27.7. The van der Waals surface area contributed by atoms with Gasteiger partial charge in [0.25, 0.3) is 5.91 Å². The van der Waals surface area contributed by atoms with Crippen molar-refractivity contribution < 1.29 is 18.0 Å². The Hall–Kier alpha value is -3.96. The van der Waals surface area contributed by atoms with Crippen LogP contribution in [0, 0.1) is 0 Å². The van der Waals surface area contributed by atoms with Crippen molar-refractivity contribution in [2.45, 2.75) is 58.3 Å². The Kier molecular flexibility index (Phi) is 9.50. The molecule has 1 unspecified atom stereocenters. The summed E-state index contributed by atoms with van der Waals surface area (Å²) in [7, 11) is 0. The van der Waals surface area contributed by atoms with Crippen LogP contribution in [0.15, 0.2) is 73.3 Å². The molecule has 2 aromatic heterocycles. The maximum Gasteiger partial charge on any atom is 0.416 e. The van der Waals surface area contributed by atoms with Gasteiger partial charge in [0.1, 0.15) is 11.6 Å². The molecule has 206 valence electrons. The largest absolute Gasteiger partial charge is 0.416 e. The van der Waals surface area contributed by atoms with Crippen LogP contribution in [-0.2, 0) is 32.4 Å². The number of nitrogens with one attached hydrogen (secondary N) is 4. The molecule has 2 aromatic carbocycles. The second kappa shape index (κ2) is 13.2. The van der Waals surface area contributed by atoms with Crippen LogP contribution in [0.2, 0.25) is 0 Å². The van der Waals surface area contributed by atoms with Crippen LogP contribution in [0.3, 0.4) is 0 Å². The first kappa shape index (κ1) is 28.1. The number of halogens is 3. The van der Waals surface area contributed by atoms with Gasteiger partial charge in [0.05, 0.1) is 24.8 Å². The van der Waals surface area contributed by atoms with Crippen molar-refractivity contribution in [3.8, 4) is 0 Å². The average molecular weight is 540 g/mol. The topological polar surface area (TPSA) is 102 Å². The lowest BCUT2D eigenvalue weighted by atomic mass is 10.1. The second-order valence-corrected chi connectivity index (χ2v) is 9.30. The van der Waals surface area contributed by atoms with Gasteiger partial charge in [-0.25, -0.2) is 9.97 Å². The molecule has 39 heavy (non-hydrogen) atoms. The SMILES string of the molecule is CCCC(NCc1ccc(C(F)(F)F)cc1)NC(=O)c1ccc(CN(Cc2ncc[nH]2)Cc2ncc[nH]2)cc1. The average Bonchev–Trinajstić information content (AvgIpc) is 3.62. The maximum atomic E-state index is 12.9. The lowest BCUT2D eigenvalue weighted by Gasteiger charge is -2.21. The number of aromatic amines is 2. The number of alkyl halides is 3. The maximum absolute atomic E-state index is 12.9. The van der Waals surface area contributed by atoms with Crippen molar-refractivity contribution in [3.63, 3.8) is 0 Å². The second-order valence-electron chi connectivity index (χ2n) is 9.30. The summed E-state index contributed by atoms with van der Waals surface area (Å²) >= 11 is 0. The van der Waals surface area contributed by atoms with Crippen molar-refractivity contribution in [2.24, 2.45) is 0 Å². The number of benzene rings is 2. The summed E-state index contributed by atoms with van der Waals surface area (Å²) < 4.78 is 38.4. The van der Waals surface area contributed by atoms with Gasteiger partial charge in [-0.15, -0.1) is 0 Å². The molecular weight excluding hydrogens is 507 g/mol. The molecule has 0 aliphatic carbocycles.